The third-order valence-corrected chi connectivity index (χ3v) is 6.56. The summed E-state index contributed by atoms with van der Waals surface area (Å²) in [4.78, 5) is 17.6. The van der Waals surface area contributed by atoms with Crippen molar-refractivity contribution >= 4 is 11.6 Å². The number of nitrogens with zero attached hydrogens (tertiary/aromatic N) is 2. The van der Waals surface area contributed by atoms with E-state index >= 15 is 0 Å². The van der Waals surface area contributed by atoms with Gasteiger partial charge >= 0.3 is 6.18 Å². The maximum Gasteiger partial charge on any atom is 0.416 e. The molecule has 4 rings (SSSR count). The molecule has 0 aromatic heterocycles. The van der Waals surface area contributed by atoms with Gasteiger partial charge in [-0.15, -0.1) is 0 Å². The Morgan fingerprint density at radius 1 is 1.15 bits per heavy atom. The Morgan fingerprint density at radius 2 is 1.91 bits per heavy atom. The molecule has 1 fully saturated rings. The predicted octanol–water partition coefficient (Wildman–Crippen LogP) is 4.22. The monoisotopic (exact) mass is 475 g/mol. The second-order valence-corrected chi connectivity index (χ2v) is 9.51. The van der Waals surface area contributed by atoms with Crippen molar-refractivity contribution < 1.29 is 22.7 Å². The van der Waals surface area contributed by atoms with Gasteiger partial charge in [-0.25, -0.2) is 0 Å². The molecule has 2 aromatic rings. The average molecular weight is 476 g/mol. The van der Waals surface area contributed by atoms with Gasteiger partial charge in [-0.05, 0) is 48.2 Å². The number of fused-ring (bicyclic) bond motifs is 3. The predicted molar refractivity (Wildman–Crippen MR) is 126 cm³/mol. The van der Waals surface area contributed by atoms with Crippen LogP contribution in [0.4, 0.5) is 18.9 Å². The molecule has 0 aliphatic carbocycles. The van der Waals surface area contributed by atoms with Gasteiger partial charge in [0.05, 0.1) is 17.5 Å². The Labute approximate surface area is 198 Å². The van der Waals surface area contributed by atoms with Gasteiger partial charge in [-0.1, -0.05) is 32.0 Å². The SMILES string of the molecule is CC(C)CNC(=O)[C@@H]1Cc2cc(C(F)(F)F)ccc2N2CCN(CCOc3ccccc3)C[C@H]12. The maximum atomic E-state index is 13.3. The first kappa shape index (κ1) is 24.4. The minimum absolute atomic E-state index is 0.0888. The number of ether oxygens (including phenoxy) is 1. The van der Waals surface area contributed by atoms with E-state index in [0.717, 1.165) is 30.6 Å². The first-order chi connectivity index (χ1) is 16.2. The summed E-state index contributed by atoms with van der Waals surface area (Å²) in [6.07, 6.45) is -4.10. The Balaban J connectivity index is 1.50. The highest BCUT2D eigenvalue weighted by Crippen LogP contribution is 2.39. The normalized spacial score (nSPS) is 20.6. The molecule has 0 bridgehead atoms. The molecule has 2 aromatic carbocycles. The van der Waals surface area contributed by atoms with Crippen LogP contribution in [0.15, 0.2) is 48.5 Å². The highest BCUT2D eigenvalue weighted by Gasteiger charge is 2.42. The summed E-state index contributed by atoms with van der Waals surface area (Å²) >= 11 is 0. The Kier molecular flexibility index (Phi) is 7.36. The lowest BCUT2D eigenvalue weighted by molar-refractivity contribution is -0.137. The molecule has 0 radical (unpaired) electrons. The number of nitrogens with one attached hydrogen (secondary N) is 1. The van der Waals surface area contributed by atoms with Crippen molar-refractivity contribution in [3.05, 3.63) is 59.7 Å². The number of alkyl halides is 3. The van der Waals surface area contributed by atoms with E-state index in [1.807, 2.05) is 44.2 Å². The number of para-hydroxylation sites is 1. The Hall–Kier alpha value is -2.74. The maximum absolute atomic E-state index is 13.3. The van der Waals surface area contributed by atoms with Crippen LogP contribution in [-0.4, -0.2) is 56.2 Å². The quantitative estimate of drug-likeness (QED) is 0.652. The lowest BCUT2D eigenvalue weighted by Gasteiger charge is -2.49. The molecule has 2 aliphatic rings. The van der Waals surface area contributed by atoms with Gasteiger partial charge in [-0.3, -0.25) is 9.69 Å². The van der Waals surface area contributed by atoms with Crippen molar-refractivity contribution in [2.75, 3.05) is 44.2 Å². The molecule has 2 aliphatic heterocycles. The topological polar surface area (TPSA) is 44.8 Å². The first-order valence-electron chi connectivity index (χ1n) is 11.9. The fourth-order valence-electron chi connectivity index (χ4n) is 4.81. The van der Waals surface area contributed by atoms with Gasteiger partial charge in [0.25, 0.3) is 0 Å². The van der Waals surface area contributed by atoms with E-state index in [2.05, 4.69) is 15.1 Å². The second-order valence-electron chi connectivity index (χ2n) is 9.51. The number of piperazine rings is 1. The molecule has 184 valence electrons. The van der Waals surface area contributed by atoms with Crippen LogP contribution >= 0.6 is 0 Å². The number of rotatable bonds is 7. The van der Waals surface area contributed by atoms with Gasteiger partial charge in [0, 0.05) is 38.4 Å². The van der Waals surface area contributed by atoms with Crippen molar-refractivity contribution in [2.24, 2.45) is 11.8 Å². The molecule has 1 amide bonds. The molecule has 5 nitrogen and oxygen atoms in total. The lowest BCUT2D eigenvalue weighted by atomic mass is 9.82. The standard InChI is InChI=1S/C26H32F3N3O2/c1-18(2)16-30-25(33)22-15-19-14-20(26(27,28)29)8-9-23(19)32-11-10-31(17-24(22)32)12-13-34-21-6-4-3-5-7-21/h3-9,14,18,22,24H,10-13,15-17H2,1-2H3,(H,30,33)/t22-,24-/m1/s1. The zero-order valence-electron chi connectivity index (χ0n) is 19.6. The number of carbonyl (C=O) groups is 1. The summed E-state index contributed by atoms with van der Waals surface area (Å²) in [6, 6.07) is 13.5. The minimum atomic E-state index is -4.40. The fraction of sp³-hybridized carbons (Fsp3) is 0.500. The van der Waals surface area contributed by atoms with E-state index in [9.17, 15) is 18.0 Å². The molecule has 0 saturated carbocycles. The summed E-state index contributed by atoms with van der Waals surface area (Å²) in [7, 11) is 0. The molecular formula is C26H32F3N3O2. The number of anilines is 1. The number of hydrogen-bond donors (Lipinski definition) is 1. The highest BCUT2D eigenvalue weighted by atomic mass is 19.4. The van der Waals surface area contributed by atoms with Crippen molar-refractivity contribution in [3.63, 3.8) is 0 Å². The summed E-state index contributed by atoms with van der Waals surface area (Å²) in [5.74, 6) is 0.617. The van der Waals surface area contributed by atoms with Crippen molar-refractivity contribution in [2.45, 2.75) is 32.5 Å². The van der Waals surface area contributed by atoms with Crippen LogP contribution in [0.1, 0.15) is 25.0 Å². The van der Waals surface area contributed by atoms with Crippen molar-refractivity contribution in [1.29, 1.82) is 0 Å². The van der Waals surface area contributed by atoms with Gasteiger partial charge in [0.15, 0.2) is 0 Å². The third kappa shape index (κ3) is 5.66. The first-order valence-corrected chi connectivity index (χ1v) is 11.9. The van der Waals surface area contributed by atoms with Crippen LogP contribution in [-0.2, 0) is 17.4 Å². The molecule has 2 heterocycles. The molecule has 8 heteroatoms. The van der Waals surface area contributed by atoms with Gasteiger partial charge in [0.1, 0.15) is 12.4 Å². The average Bonchev–Trinajstić information content (AvgIpc) is 2.81. The molecular weight excluding hydrogens is 443 g/mol. The van der Waals surface area contributed by atoms with Gasteiger partial charge < -0.3 is 15.0 Å². The van der Waals surface area contributed by atoms with Crippen molar-refractivity contribution in [1.82, 2.24) is 10.2 Å². The summed E-state index contributed by atoms with van der Waals surface area (Å²) in [5, 5.41) is 3.01. The van der Waals surface area contributed by atoms with E-state index in [1.54, 1.807) is 6.07 Å². The fourth-order valence-corrected chi connectivity index (χ4v) is 4.81. The highest BCUT2D eigenvalue weighted by molar-refractivity contribution is 5.82. The number of hydrogen-bond acceptors (Lipinski definition) is 4. The number of benzene rings is 2. The molecule has 34 heavy (non-hydrogen) atoms. The van der Waals surface area contributed by atoms with Crippen LogP contribution in [0, 0.1) is 11.8 Å². The van der Waals surface area contributed by atoms with Crippen LogP contribution in [0.3, 0.4) is 0 Å². The third-order valence-electron chi connectivity index (χ3n) is 6.56. The summed E-state index contributed by atoms with van der Waals surface area (Å²) < 4.78 is 45.9. The largest absolute Gasteiger partial charge is 0.492 e. The summed E-state index contributed by atoms with van der Waals surface area (Å²) in [5.41, 5.74) is 0.741. The van der Waals surface area contributed by atoms with Crippen LogP contribution in [0.5, 0.6) is 5.75 Å². The van der Waals surface area contributed by atoms with Crippen LogP contribution in [0.25, 0.3) is 0 Å². The van der Waals surface area contributed by atoms with Gasteiger partial charge in [0.2, 0.25) is 5.91 Å². The van der Waals surface area contributed by atoms with Gasteiger partial charge in [-0.2, -0.15) is 13.2 Å². The second kappa shape index (κ2) is 10.3. The summed E-state index contributed by atoms with van der Waals surface area (Å²) in [6.45, 7) is 7.93. The molecule has 1 N–H and O–H groups in total. The van der Waals surface area contributed by atoms with Crippen LogP contribution in [0.2, 0.25) is 0 Å². The number of carbonyl (C=O) groups excluding carboxylic acids is 1. The van der Waals surface area contributed by atoms with E-state index in [0.29, 0.717) is 44.1 Å². The Morgan fingerprint density at radius 3 is 2.62 bits per heavy atom. The number of amides is 1. The number of halogens is 3. The van der Waals surface area contributed by atoms with E-state index < -0.39 is 17.7 Å². The molecule has 1 saturated heterocycles. The van der Waals surface area contributed by atoms with Crippen LogP contribution < -0.4 is 15.0 Å². The van der Waals surface area contributed by atoms with E-state index in [-0.39, 0.29) is 11.9 Å². The zero-order chi connectivity index (χ0) is 24.3. The van der Waals surface area contributed by atoms with Crippen molar-refractivity contribution in [3.8, 4) is 5.75 Å². The minimum Gasteiger partial charge on any atom is -0.492 e. The molecule has 2 atom stereocenters. The smallest absolute Gasteiger partial charge is 0.416 e. The molecule has 0 spiro atoms. The van der Waals surface area contributed by atoms with E-state index in [1.165, 1.54) is 6.07 Å². The molecule has 0 unspecified atom stereocenters. The van der Waals surface area contributed by atoms with E-state index in [4.69, 9.17) is 4.74 Å². The zero-order valence-corrected chi connectivity index (χ0v) is 19.6. The Bertz CT molecular complexity index is 981. The lowest BCUT2D eigenvalue weighted by Crippen LogP contribution is -2.61.